The van der Waals surface area contributed by atoms with Gasteiger partial charge in [-0.05, 0) is 31.0 Å². The van der Waals surface area contributed by atoms with E-state index in [0.717, 1.165) is 24.4 Å². The first-order valence-electron chi connectivity index (χ1n) is 8.96. The summed E-state index contributed by atoms with van der Waals surface area (Å²) in [6.07, 6.45) is 5.67. The number of benzene rings is 1. The number of halogens is 1. The zero-order valence-electron chi connectivity index (χ0n) is 14.4. The Morgan fingerprint density at radius 1 is 1.27 bits per heavy atom. The van der Waals surface area contributed by atoms with Crippen molar-refractivity contribution in [1.29, 1.82) is 0 Å². The summed E-state index contributed by atoms with van der Waals surface area (Å²) in [5, 5.41) is 0.588. The fraction of sp³-hybridized carbons (Fsp3) is 0.421. The van der Waals surface area contributed by atoms with Gasteiger partial charge in [0.1, 0.15) is 5.82 Å². The van der Waals surface area contributed by atoms with Crippen LogP contribution in [0.2, 0.25) is 5.02 Å². The van der Waals surface area contributed by atoms with Gasteiger partial charge in [0.05, 0.1) is 5.92 Å². The van der Waals surface area contributed by atoms with Crippen LogP contribution in [0.15, 0.2) is 36.7 Å². The zero-order chi connectivity index (χ0) is 18.1. The molecule has 0 radical (unpaired) electrons. The predicted octanol–water partition coefficient (Wildman–Crippen LogP) is 2.82. The van der Waals surface area contributed by atoms with E-state index in [1.807, 2.05) is 23.2 Å². The second kappa shape index (κ2) is 7.11. The maximum Gasteiger partial charge on any atom is 0.228 e. The van der Waals surface area contributed by atoms with Gasteiger partial charge >= 0.3 is 0 Å². The number of carbonyl (C=O) groups is 2. The molecule has 1 N–H and O–H groups in total. The van der Waals surface area contributed by atoms with Crippen molar-refractivity contribution in [2.24, 2.45) is 5.92 Å². The Kier molecular flexibility index (Phi) is 4.68. The van der Waals surface area contributed by atoms with E-state index in [1.54, 1.807) is 23.2 Å². The third-order valence-corrected chi connectivity index (χ3v) is 5.54. The molecule has 0 bridgehead atoms. The van der Waals surface area contributed by atoms with Crippen molar-refractivity contribution in [3.05, 3.63) is 47.5 Å². The Morgan fingerprint density at radius 3 is 2.77 bits per heavy atom. The van der Waals surface area contributed by atoms with Crippen molar-refractivity contribution in [3.8, 4) is 0 Å². The van der Waals surface area contributed by atoms with Gasteiger partial charge in [0, 0.05) is 55.1 Å². The van der Waals surface area contributed by atoms with Gasteiger partial charge in [0.15, 0.2) is 0 Å². The molecule has 2 aliphatic heterocycles. The molecule has 0 spiro atoms. The minimum absolute atomic E-state index is 0.0175. The molecule has 1 aromatic heterocycles. The fourth-order valence-corrected chi connectivity index (χ4v) is 4.08. The summed E-state index contributed by atoms with van der Waals surface area (Å²) in [6, 6.07) is 7.21. The summed E-state index contributed by atoms with van der Waals surface area (Å²) in [5.74, 6) is 1.17. The number of rotatable bonds is 3. The van der Waals surface area contributed by atoms with Crippen LogP contribution in [0.1, 0.15) is 31.0 Å². The molecule has 3 heterocycles. The lowest BCUT2D eigenvalue weighted by Crippen LogP contribution is -2.42. The van der Waals surface area contributed by atoms with E-state index in [9.17, 15) is 9.59 Å². The maximum absolute atomic E-state index is 12.9. The third-order valence-electron chi connectivity index (χ3n) is 5.31. The Bertz CT molecular complexity index is 800. The van der Waals surface area contributed by atoms with E-state index in [2.05, 4.69) is 9.97 Å². The van der Waals surface area contributed by atoms with Crippen LogP contribution in [0.4, 0.5) is 5.69 Å². The largest absolute Gasteiger partial charge is 0.348 e. The number of H-pyrrole nitrogens is 1. The van der Waals surface area contributed by atoms with E-state index in [4.69, 9.17) is 11.6 Å². The van der Waals surface area contributed by atoms with Gasteiger partial charge in [-0.2, -0.15) is 0 Å². The van der Waals surface area contributed by atoms with Gasteiger partial charge in [-0.15, -0.1) is 0 Å². The second-order valence-corrected chi connectivity index (χ2v) is 7.40. The summed E-state index contributed by atoms with van der Waals surface area (Å²) in [4.78, 5) is 36.3. The molecule has 6 nitrogen and oxygen atoms in total. The standard InChI is InChI=1S/C19H21ClN4O2/c20-15-2-1-3-16(11-15)24-12-14(10-17(24)25)19(26)23-8-4-13(5-9-23)18-21-6-7-22-18/h1-3,6-7,11,13-14H,4-5,8-10,12H2,(H,21,22). The van der Waals surface area contributed by atoms with Crippen LogP contribution in [0.3, 0.4) is 0 Å². The Morgan fingerprint density at radius 2 is 2.08 bits per heavy atom. The average molecular weight is 373 g/mol. The molecule has 2 amide bonds. The SMILES string of the molecule is O=C(C1CC(=O)N(c2cccc(Cl)c2)C1)N1CCC(c2ncc[nH]2)CC1. The number of anilines is 1. The minimum Gasteiger partial charge on any atom is -0.348 e. The van der Waals surface area contributed by atoms with Gasteiger partial charge in [0.2, 0.25) is 11.8 Å². The molecule has 136 valence electrons. The van der Waals surface area contributed by atoms with Gasteiger partial charge in [-0.1, -0.05) is 17.7 Å². The van der Waals surface area contributed by atoms with E-state index in [1.165, 1.54) is 0 Å². The predicted molar refractivity (Wildman–Crippen MR) is 99.1 cm³/mol. The first kappa shape index (κ1) is 17.1. The minimum atomic E-state index is -0.276. The molecule has 7 heteroatoms. The Labute approximate surface area is 157 Å². The van der Waals surface area contributed by atoms with Crippen LogP contribution >= 0.6 is 11.6 Å². The van der Waals surface area contributed by atoms with Crippen LogP contribution < -0.4 is 4.90 Å². The number of nitrogens with one attached hydrogen (secondary N) is 1. The number of nitrogens with zero attached hydrogens (tertiary/aromatic N) is 3. The molecule has 2 saturated heterocycles. The lowest BCUT2D eigenvalue weighted by molar-refractivity contribution is -0.136. The number of piperidine rings is 1. The Balaban J connectivity index is 1.38. The molecule has 2 aliphatic rings. The van der Waals surface area contributed by atoms with Crippen molar-refractivity contribution in [1.82, 2.24) is 14.9 Å². The van der Waals surface area contributed by atoms with Gasteiger partial charge in [0.25, 0.3) is 0 Å². The summed E-state index contributed by atoms with van der Waals surface area (Å²) >= 11 is 6.03. The topological polar surface area (TPSA) is 69.3 Å². The molecule has 0 saturated carbocycles. The van der Waals surface area contributed by atoms with Crippen molar-refractivity contribution in [2.75, 3.05) is 24.5 Å². The lowest BCUT2D eigenvalue weighted by atomic mass is 9.95. The smallest absolute Gasteiger partial charge is 0.228 e. The van der Waals surface area contributed by atoms with Crippen LogP contribution in [-0.4, -0.2) is 46.3 Å². The molecule has 1 atom stereocenters. The van der Waals surface area contributed by atoms with Gasteiger partial charge < -0.3 is 14.8 Å². The lowest BCUT2D eigenvalue weighted by Gasteiger charge is -2.32. The number of imidazole rings is 1. The number of amides is 2. The quantitative estimate of drug-likeness (QED) is 0.900. The van der Waals surface area contributed by atoms with E-state index < -0.39 is 0 Å². The third kappa shape index (κ3) is 3.33. The molecule has 1 unspecified atom stereocenters. The highest BCUT2D eigenvalue weighted by atomic mass is 35.5. The van der Waals surface area contributed by atoms with E-state index in [0.29, 0.717) is 30.6 Å². The molecule has 26 heavy (non-hydrogen) atoms. The summed E-state index contributed by atoms with van der Waals surface area (Å²) < 4.78 is 0. The van der Waals surface area contributed by atoms with Gasteiger partial charge in [-0.25, -0.2) is 4.98 Å². The first-order valence-corrected chi connectivity index (χ1v) is 9.33. The Hall–Kier alpha value is -2.34. The van der Waals surface area contributed by atoms with Gasteiger partial charge in [-0.3, -0.25) is 9.59 Å². The maximum atomic E-state index is 12.9. The zero-order valence-corrected chi connectivity index (χ0v) is 15.2. The number of likely N-dealkylation sites (tertiary alicyclic amines) is 1. The first-order chi connectivity index (χ1) is 12.6. The fourth-order valence-electron chi connectivity index (χ4n) is 3.90. The average Bonchev–Trinajstić information content (AvgIpc) is 3.31. The van der Waals surface area contributed by atoms with Crippen LogP contribution in [0, 0.1) is 5.92 Å². The number of aromatic amines is 1. The normalized spacial score (nSPS) is 21.4. The molecule has 0 aliphatic carbocycles. The summed E-state index contributed by atoms with van der Waals surface area (Å²) in [7, 11) is 0. The van der Waals surface area contributed by atoms with E-state index >= 15 is 0 Å². The van der Waals surface area contributed by atoms with Crippen molar-refractivity contribution < 1.29 is 9.59 Å². The monoisotopic (exact) mass is 372 g/mol. The molecule has 1 aromatic carbocycles. The number of hydrogen-bond donors (Lipinski definition) is 1. The molecular weight excluding hydrogens is 352 g/mol. The molecule has 2 aromatic rings. The highest BCUT2D eigenvalue weighted by Crippen LogP contribution is 2.30. The molecular formula is C19H21ClN4O2. The number of carbonyl (C=O) groups excluding carboxylic acids is 2. The number of aromatic nitrogens is 2. The number of hydrogen-bond acceptors (Lipinski definition) is 3. The van der Waals surface area contributed by atoms with Crippen LogP contribution in [0.5, 0.6) is 0 Å². The molecule has 4 rings (SSSR count). The van der Waals surface area contributed by atoms with E-state index in [-0.39, 0.29) is 24.2 Å². The highest BCUT2D eigenvalue weighted by molar-refractivity contribution is 6.31. The second-order valence-electron chi connectivity index (χ2n) is 6.96. The van der Waals surface area contributed by atoms with Crippen molar-refractivity contribution >= 4 is 29.1 Å². The molecule has 2 fully saturated rings. The summed E-state index contributed by atoms with van der Waals surface area (Å²) in [6.45, 7) is 1.86. The summed E-state index contributed by atoms with van der Waals surface area (Å²) in [5.41, 5.74) is 0.759. The van der Waals surface area contributed by atoms with Crippen LogP contribution in [-0.2, 0) is 9.59 Å². The van der Waals surface area contributed by atoms with Crippen LogP contribution in [0.25, 0.3) is 0 Å². The van der Waals surface area contributed by atoms with Crippen molar-refractivity contribution in [3.63, 3.8) is 0 Å². The highest BCUT2D eigenvalue weighted by Gasteiger charge is 2.38. The van der Waals surface area contributed by atoms with Crippen molar-refractivity contribution in [2.45, 2.75) is 25.2 Å².